The van der Waals surface area contributed by atoms with E-state index in [1.165, 1.54) is 12.8 Å². The summed E-state index contributed by atoms with van der Waals surface area (Å²) in [6, 6.07) is 11.8. The molecule has 0 amide bonds. The van der Waals surface area contributed by atoms with Crippen molar-refractivity contribution in [1.82, 2.24) is 30.2 Å². The lowest BCUT2D eigenvalue weighted by molar-refractivity contribution is 0.550. The van der Waals surface area contributed by atoms with Gasteiger partial charge in [-0.05, 0) is 43.0 Å². The molecule has 5 N–H and O–H groups in total. The Labute approximate surface area is 185 Å². The number of piperidine rings is 1. The van der Waals surface area contributed by atoms with Crippen LogP contribution in [0.3, 0.4) is 0 Å². The molecule has 1 saturated heterocycles. The second kappa shape index (κ2) is 7.16. The summed E-state index contributed by atoms with van der Waals surface area (Å²) < 4.78 is 0. The van der Waals surface area contributed by atoms with Gasteiger partial charge in [-0.2, -0.15) is 0 Å². The average molecular weight is 422 g/mol. The predicted molar refractivity (Wildman–Crippen MR) is 123 cm³/mol. The molecule has 0 spiro atoms. The summed E-state index contributed by atoms with van der Waals surface area (Å²) in [4.78, 5) is 20.3. The van der Waals surface area contributed by atoms with Crippen molar-refractivity contribution in [2.45, 2.75) is 24.4 Å². The second-order valence-corrected chi connectivity index (χ2v) is 8.57. The van der Waals surface area contributed by atoms with Crippen molar-refractivity contribution in [3.05, 3.63) is 66.6 Å². The molecule has 1 saturated carbocycles. The van der Waals surface area contributed by atoms with Crippen LogP contribution < -0.4 is 11.1 Å². The molecule has 0 radical (unpaired) electrons. The van der Waals surface area contributed by atoms with Crippen LogP contribution in [0.4, 0.5) is 0 Å². The summed E-state index contributed by atoms with van der Waals surface area (Å²) in [5.74, 6) is 4.85. The highest BCUT2D eigenvalue weighted by atomic mass is 15.2. The van der Waals surface area contributed by atoms with Crippen LogP contribution >= 0.6 is 0 Å². The Hall–Kier alpha value is -3.73. The number of hydrogen-bond acceptors (Lipinski definition) is 5. The largest absolute Gasteiger partial charge is 0.340 e. The average Bonchev–Trinajstić information content (AvgIpc) is 3.32. The van der Waals surface area contributed by atoms with Gasteiger partial charge in [0.25, 0.3) is 0 Å². The van der Waals surface area contributed by atoms with Crippen LogP contribution in [0.5, 0.6) is 0 Å². The Morgan fingerprint density at radius 3 is 2.38 bits per heavy atom. The molecular weight excluding hydrogens is 398 g/mol. The third-order valence-electron chi connectivity index (χ3n) is 6.67. The Morgan fingerprint density at radius 1 is 0.938 bits per heavy atom. The number of nitrogens with one attached hydrogen (secondary N) is 3. The highest BCUT2D eigenvalue weighted by Gasteiger charge is 2.60. The van der Waals surface area contributed by atoms with E-state index in [9.17, 15) is 0 Å². The van der Waals surface area contributed by atoms with Gasteiger partial charge in [0, 0.05) is 17.3 Å². The van der Waals surface area contributed by atoms with E-state index in [1.807, 2.05) is 42.7 Å². The summed E-state index contributed by atoms with van der Waals surface area (Å²) >= 11 is 0. The third-order valence-corrected chi connectivity index (χ3v) is 6.67. The minimum Gasteiger partial charge on any atom is -0.340 e. The zero-order valence-electron chi connectivity index (χ0n) is 17.5. The standard InChI is InChI=1S/C25H23N7/c1-2-19(26)23-28-13-21(31-23)16-5-3-15(4-6-16)20-8-7-17(12-27-20)22-14-29-24(32-22)25-11-18(25)9-10-30-25/h1,3-8,12-14,18-19,30H,9-11,26H2,(H,28,31)(H,29,32)/t18-,19-,25+/m0/s1. The smallest absolute Gasteiger partial charge is 0.135 e. The maximum absolute atomic E-state index is 5.83. The van der Waals surface area contributed by atoms with Gasteiger partial charge in [-0.1, -0.05) is 30.2 Å². The van der Waals surface area contributed by atoms with Crippen molar-refractivity contribution in [1.29, 1.82) is 0 Å². The van der Waals surface area contributed by atoms with E-state index < -0.39 is 6.04 Å². The molecule has 4 heterocycles. The molecule has 4 aromatic rings. The lowest BCUT2D eigenvalue weighted by atomic mass is 10.1. The van der Waals surface area contributed by atoms with Gasteiger partial charge in [0.15, 0.2) is 0 Å². The molecule has 3 atom stereocenters. The molecule has 1 aliphatic heterocycles. The number of fused-ring (bicyclic) bond motifs is 1. The van der Waals surface area contributed by atoms with Crippen molar-refractivity contribution in [3.8, 4) is 46.1 Å². The number of aromatic nitrogens is 5. The number of benzene rings is 1. The molecular formula is C25H23N7. The highest BCUT2D eigenvalue weighted by Crippen LogP contribution is 2.56. The number of nitrogens with two attached hydrogens (primary N) is 1. The second-order valence-electron chi connectivity index (χ2n) is 8.57. The van der Waals surface area contributed by atoms with E-state index in [0.29, 0.717) is 5.82 Å². The first-order valence-corrected chi connectivity index (χ1v) is 10.8. The Balaban J connectivity index is 1.19. The Kier molecular flexibility index (Phi) is 4.25. The Morgan fingerprint density at radius 2 is 1.69 bits per heavy atom. The molecule has 0 bridgehead atoms. The fourth-order valence-electron chi connectivity index (χ4n) is 4.70. The Bertz CT molecular complexity index is 1310. The van der Waals surface area contributed by atoms with E-state index in [0.717, 1.165) is 52.1 Å². The minimum atomic E-state index is -0.531. The minimum absolute atomic E-state index is 0.0919. The zero-order chi connectivity index (χ0) is 21.7. The molecule has 32 heavy (non-hydrogen) atoms. The number of pyridine rings is 1. The van der Waals surface area contributed by atoms with Gasteiger partial charge in [0.1, 0.15) is 17.7 Å². The molecule has 1 aliphatic carbocycles. The van der Waals surface area contributed by atoms with Crippen molar-refractivity contribution >= 4 is 0 Å². The van der Waals surface area contributed by atoms with Crippen molar-refractivity contribution in [2.24, 2.45) is 11.7 Å². The van der Waals surface area contributed by atoms with Crippen LogP contribution in [0, 0.1) is 18.3 Å². The van der Waals surface area contributed by atoms with E-state index in [1.54, 1.807) is 6.20 Å². The number of H-pyrrole nitrogens is 2. The maximum atomic E-state index is 5.83. The number of imidazole rings is 2. The topological polar surface area (TPSA) is 108 Å². The molecule has 7 heteroatoms. The third kappa shape index (κ3) is 3.04. The molecule has 1 aromatic carbocycles. The first-order chi connectivity index (χ1) is 15.7. The number of terminal acetylenes is 1. The molecule has 2 aliphatic rings. The van der Waals surface area contributed by atoms with Crippen LogP contribution in [-0.4, -0.2) is 31.5 Å². The van der Waals surface area contributed by atoms with Crippen LogP contribution in [-0.2, 0) is 5.54 Å². The van der Waals surface area contributed by atoms with Crippen LogP contribution in [0.25, 0.3) is 33.8 Å². The van der Waals surface area contributed by atoms with E-state index in [-0.39, 0.29) is 5.54 Å². The van der Waals surface area contributed by atoms with E-state index in [2.05, 4.69) is 42.2 Å². The van der Waals surface area contributed by atoms with Crippen molar-refractivity contribution in [3.63, 3.8) is 0 Å². The van der Waals surface area contributed by atoms with E-state index in [4.69, 9.17) is 12.2 Å². The summed E-state index contributed by atoms with van der Waals surface area (Å²) in [6.45, 7) is 1.08. The molecule has 2 fully saturated rings. The van der Waals surface area contributed by atoms with Gasteiger partial charge in [-0.15, -0.1) is 6.42 Å². The summed E-state index contributed by atoms with van der Waals surface area (Å²) in [5.41, 5.74) is 11.8. The van der Waals surface area contributed by atoms with E-state index >= 15 is 0 Å². The fraction of sp³-hybridized carbons (Fsp3) is 0.240. The van der Waals surface area contributed by atoms with Crippen LogP contribution in [0.2, 0.25) is 0 Å². The van der Waals surface area contributed by atoms with Gasteiger partial charge >= 0.3 is 0 Å². The highest BCUT2D eigenvalue weighted by molar-refractivity contribution is 5.68. The first-order valence-electron chi connectivity index (χ1n) is 10.8. The van der Waals surface area contributed by atoms with Gasteiger partial charge in [-0.3, -0.25) is 4.98 Å². The van der Waals surface area contributed by atoms with Crippen LogP contribution in [0.1, 0.15) is 30.5 Å². The SMILES string of the molecule is C#C[C@H](N)c1ncc(-c2ccc(-c3ccc(-c4cnc([C@@]56C[C@@H]5CCN6)[nH]4)cn3)cc2)[nH]1. The maximum Gasteiger partial charge on any atom is 0.135 e. The van der Waals surface area contributed by atoms with Crippen molar-refractivity contribution < 1.29 is 0 Å². The lowest BCUT2D eigenvalue weighted by Gasteiger charge is -2.09. The number of rotatable bonds is 5. The predicted octanol–water partition coefficient (Wildman–Crippen LogP) is 3.37. The fourth-order valence-corrected chi connectivity index (χ4v) is 4.70. The summed E-state index contributed by atoms with van der Waals surface area (Å²) in [7, 11) is 0. The summed E-state index contributed by atoms with van der Waals surface area (Å²) in [6.07, 6.45) is 13.4. The lowest BCUT2D eigenvalue weighted by Crippen LogP contribution is -2.26. The molecule has 7 nitrogen and oxygen atoms in total. The normalized spacial score (nSPS) is 22.3. The zero-order valence-corrected chi connectivity index (χ0v) is 17.5. The van der Waals surface area contributed by atoms with Gasteiger partial charge < -0.3 is 21.0 Å². The van der Waals surface area contributed by atoms with Gasteiger partial charge in [-0.25, -0.2) is 9.97 Å². The van der Waals surface area contributed by atoms with Gasteiger partial charge in [0.05, 0.1) is 35.0 Å². The number of aromatic amines is 2. The van der Waals surface area contributed by atoms with Crippen molar-refractivity contribution in [2.75, 3.05) is 6.54 Å². The molecule has 3 aromatic heterocycles. The number of hydrogen-bond donors (Lipinski definition) is 4. The number of nitrogens with zero attached hydrogens (tertiary/aromatic N) is 3. The molecule has 0 unspecified atom stereocenters. The molecule has 158 valence electrons. The monoisotopic (exact) mass is 421 g/mol. The van der Waals surface area contributed by atoms with Gasteiger partial charge in [0.2, 0.25) is 0 Å². The summed E-state index contributed by atoms with van der Waals surface area (Å²) in [5, 5.41) is 3.61. The molecule has 6 rings (SSSR count). The quantitative estimate of drug-likeness (QED) is 0.370. The van der Waals surface area contributed by atoms with Crippen LogP contribution in [0.15, 0.2) is 55.0 Å². The first kappa shape index (κ1) is 19.0.